The molecule has 2 aromatic heterocycles. The predicted octanol–water partition coefficient (Wildman–Crippen LogP) is 6.32. The minimum Gasteiger partial charge on any atom is -0.371 e. The molecule has 1 aliphatic heterocycles. The topological polar surface area (TPSA) is 59.5 Å². The number of hydrogen-bond donors (Lipinski definition) is 1. The van der Waals surface area contributed by atoms with Crippen LogP contribution in [0.15, 0.2) is 48.8 Å². The first-order valence-corrected chi connectivity index (χ1v) is 11.3. The van der Waals surface area contributed by atoms with E-state index >= 15 is 0 Å². The fourth-order valence-electron chi connectivity index (χ4n) is 3.21. The van der Waals surface area contributed by atoms with Crippen molar-refractivity contribution in [3.8, 4) is 0 Å². The predicted molar refractivity (Wildman–Crippen MR) is 130 cm³/mol. The molecule has 0 saturated carbocycles. The van der Waals surface area contributed by atoms with E-state index in [9.17, 15) is 0 Å². The molecule has 168 valence electrons. The normalized spacial score (nSPS) is 13.3. The molecule has 1 unspecified atom stereocenters. The number of benzene rings is 1. The summed E-state index contributed by atoms with van der Waals surface area (Å²) in [7, 11) is 1.62. The van der Waals surface area contributed by atoms with E-state index in [2.05, 4.69) is 38.4 Å². The standard InChI is InChI=1S/C21H24N4O2.2C2H6/c1-3-27-21(26-2)20-7-5-15(14-23-20)24-19-9-10-22-18-8-6-16(13-17(18)19)25-11-4-12-25;2*1-2/h5-10,13-14,21H,3-4,11-12H2,1-2H3,(H,22,24);2*1-2H3. The van der Waals surface area contributed by atoms with E-state index in [1.54, 1.807) is 13.3 Å². The summed E-state index contributed by atoms with van der Waals surface area (Å²) in [5, 5.41) is 4.57. The first kappa shape index (κ1) is 24.6. The molecule has 0 amide bonds. The first-order chi connectivity index (χ1) is 15.3. The summed E-state index contributed by atoms with van der Waals surface area (Å²) >= 11 is 0. The molecule has 1 fully saturated rings. The summed E-state index contributed by atoms with van der Waals surface area (Å²) in [5.74, 6) is 0. The second-order valence-electron chi connectivity index (χ2n) is 6.52. The van der Waals surface area contributed by atoms with Crippen molar-refractivity contribution in [3.05, 3.63) is 54.5 Å². The molecule has 1 aliphatic rings. The van der Waals surface area contributed by atoms with E-state index in [-0.39, 0.29) is 0 Å². The highest BCUT2D eigenvalue weighted by atomic mass is 16.7. The Morgan fingerprint density at radius 2 is 1.81 bits per heavy atom. The summed E-state index contributed by atoms with van der Waals surface area (Å²) in [6.07, 6.45) is 4.45. The van der Waals surface area contributed by atoms with Crippen molar-refractivity contribution in [1.29, 1.82) is 0 Å². The van der Waals surface area contributed by atoms with Gasteiger partial charge in [0.25, 0.3) is 0 Å². The number of nitrogens with one attached hydrogen (secondary N) is 1. The molecule has 1 aromatic carbocycles. The maximum absolute atomic E-state index is 5.53. The largest absolute Gasteiger partial charge is 0.371 e. The van der Waals surface area contributed by atoms with Crippen LogP contribution >= 0.6 is 0 Å². The van der Waals surface area contributed by atoms with E-state index in [4.69, 9.17) is 9.47 Å². The molecule has 0 radical (unpaired) electrons. The molecular formula is C25H36N4O2. The zero-order chi connectivity index (χ0) is 22.6. The van der Waals surface area contributed by atoms with Gasteiger partial charge in [-0.05, 0) is 49.7 Å². The van der Waals surface area contributed by atoms with Gasteiger partial charge >= 0.3 is 0 Å². The Morgan fingerprint density at radius 1 is 1.03 bits per heavy atom. The number of methoxy groups -OCH3 is 1. The zero-order valence-electron chi connectivity index (χ0n) is 19.7. The number of rotatable bonds is 7. The van der Waals surface area contributed by atoms with Gasteiger partial charge in [-0.1, -0.05) is 27.7 Å². The SMILES string of the molecule is CC.CC.CCOC(OC)c1ccc(Nc2ccnc3ccc(N4CCC4)cc23)cn1. The van der Waals surface area contributed by atoms with Gasteiger partial charge in [0, 0.05) is 49.8 Å². The van der Waals surface area contributed by atoms with E-state index in [0.29, 0.717) is 6.61 Å². The Balaban J connectivity index is 0.000000807. The Bertz CT molecular complexity index is 911. The smallest absolute Gasteiger partial charge is 0.200 e. The number of ether oxygens (including phenoxy) is 2. The van der Waals surface area contributed by atoms with Gasteiger partial charge in [-0.3, -0.25) is 9.97 Å². The molecule has 0 aliphatic carbocycles. The number of nitrogens with zero attached hydrogens (tertiary/aromatic N) is 3. The average molecular weight is 425 g/mol. The van der Waals surface area contributed by atoms with Crippen molar-refractivity contribution in [2.45, 2.75) is 47.3 Å². The zero-order valence-corrected chi connectivity index (χ0v) is 19.7. The average Bonchev–Trinajstić information content (AvgIpc) is 2.80. The minimum atomic E-state index is -0.440. The van der Waals surface area contributed by atoms with Gasteiger partial charge in [0.15, 0.2) is 0 Å². The fourth-order valence-corrected chi connectivity index (χ4v) is 3.21. The summed E-state index contributed by atoms with van der Waals surface area (Å²) in [5.41, 5.74) is 4.91. The number of hydrogen-bond acceptors (Lipinski definition) is 6. The summed E-state index contributed by atoms with van der Waals surface area (Å²) < 4.78 is 10.9. The Morgan fingerprint density at radius 3 is 2.39 bits per heavy atom. The van der Waals surface area contributed by atoms with Crippen LogP contribution in [0.5, 0.6) is 0 Å². The molecule has 1 N–H and O–H groups in total. The van der Waals surface area contributed by atoms with Gasteiger partial charge in [0.2, 0.25) is 6.29 Å². The van der Waals surface area contributed by atoms with Crippen LogP contribution < -0.4 is 10.2 Å². The summed E-state index contributed by atoms with van der Waals surface area (Å²) in [4.78, 5) is 11.3. The molecule has 6 heteroatoms. The molecule has 0 spiro atoms. The third-order valence-corrected chi connectivity index (χ3v) is 4.79. The van der Waals surface area contributed by atoms with Gasteiger partial charge in [-0.15, -0.1) is 0 Å². The Kier molecular flexibility index (Phi) is 10.2. The van der Waals surface area contributed by atoms with Gasteiger partial charge in [-0.25, -0.2) is 0 Å². The third-order valence-electron chi connectivity index (χ3n) is 4.79. The molecular weight excluding hydrogens is 388 g/mol. The van der Waals surface area contributed by atoms with Crippen LogP contribution in [0.4, 0.5) is 17.1 Å². The monoisotopic (exact) mass is 424 g/mol. The van der Waals surface area contributed by atoms with Crippen molar-refractivity contribution >= 4 is 28.0 Å². The van der Waals surface area contributed by atoms with Crippen molar-refractivity contribution < 1.29 is 9.47 Å². The highest BCUT2D eigenvalue weighted by Crippen LogP contribution is 2.30. The van der Waals surface area contributed by atoms with E-state index in [1.807, 2.05) is 59.0 Å². The maximum atomic E-state index is 5.53. The second kappa shape index (κ2) is 12.9. The molecule has 4 rings (SSSR count). The molecule has 0 bridgehead atoms. The molecule has 3 aromatic rings. The van der Waals surface area contributed by atoms with Crippen LogP contribution in [0.3, 0.4) is 0 Å². The summed E-state index contributed by atoms with van der Waals surface area (Å²) in [6.45, 7) is 12.8. The molecule has 6 nitrogen and oxygen atoms in total. The maximum Gasteiger partial charge on any atom is 0.200 e. The lowest BCUT2D eigenvalue weighted by Crippen LogP contribution is -2.36. The van der Waals surface area contributed by atoms with Gasteiger partial charge in [-0.2, -0.15) is 0 Å². The van der Waals surface area contributed by atoms with Crippen molar-refractivity contribution in [1.82, 2.24) is 9.97 Å². The Labute approximate surface area is 186 Å². The van der Waals surface area contributed by atoms with Crippen LogP contribution in [0.2, 0.25) is 0 Å². The number of aromatic nitrogens is 2. The summed E-state index contributed by atoms with van der Waals surface area (Å²) in [6, 6.07) is 12.3. The van der Waals surface area contributed by atoms with Gasteiger partial charge in [0.05, 0.1) is 23.1 Å². The van der Waals surface area contributed by atoms with E-state index in [0.717, 1.165) is 41.1 Å². The van der Waals surface area contributed by atoms with Crippen molar-refractivity contribution in [3.63, 3.8) is 0 Å². The molecule has 1 atom stereocenters. The highest BCUT2D eigenvalue weighted by Gasteiger charge is 2.16. The lowest BCUT2D eigenvalue weighted by molar-refractivity contribution is -0.126. The molecule has 1 saturated heterocycles. The van der Waals surface area contributed by atoms with E-state index in [1.165, 1.54) is 12.1 Å². The lowest BCUT2D eigenvalue weighted by atomic mass is 10.1. The van der Waals surface area contributed by atoms with Gasteiger partial charge < -0.3 is 19.7 Å². The molecule has 31 heavy (non-hydrogen) atoms. The fraction of sp³-hybridized carbons (Fsp3) is 0.440. The highest BCUT2D eigenvalue weighted by molar-refractivity contribution is 5.95. The number of anilines is 3. The van der Waals surface area contributed by atoms with Gasteiger partial charge in [0.1, 0.15) is 0 Å². The van der Waals surface area contributed by atoms with E-state index < -0.39 is 6.29 Å². The number of pyridine rings is 2. The molecule has 3 heterocycles. The van der Waals surface area contributed by atoms with Crippen LogP contribution in [0, 0.1) is 0 Å². The minimum absolute atomic E-state index is 0.440. The first-order valence-electron chi connectivity index (χ1n) is 11.3. The quantitative estimate of drug-likeness (QED) is 0.448. The lowest BCUT2D eigenvalue weighted by Gasteiger charge is -2.33. The van der Waals surface area contributed by atoms with Crippen LogP contribution in [0.25, 0.3) is 10.9 Å². The third kappa shape index (κ3) is 6.15. The second-order valence-corrected chi connectivity index (χ2v) is 6.52. The number of fused-ring (bicyclic) bond motifs is 1. The van der Waals surface area contributed by atoms with Crippen LogP contribution in [-0.2, 0) is 9.47 Å². The van der Waals surface area contributed by atoms with Crippen LogP contribution in [-0.4, -0.2) is 36.8 Å². The Hall–Kier alpha value is -2.70. The van der Waals surface area contributed by atoms with Crippen molar-refractivity contribution in [2.75, 3.05) is 37.0 Å². The van der Waals surface area contributed by atoms with Crippen LogP contribution in [0.1, 0.15) is 53.0 Å². The van der Waals surface area contributed by atoms with Crippen molar-refractivity contribution in [2.24, 2.45) is 0 Å².